The van der Waals surface area contributed by atoms with Crippen LogP contribution in [-0.4, -0.2) is 77.5 Å². The van der Waals surface area contributed by atoms with Crippen LogP contribution in [0.2, 0.25) is 0 Å². The van der Waals surface area contributed by atoms with Gasteiger partial charge in [-0.25, -0.2) is 4.79 Å². The van der Waals surface area contributed by atoms with Crippen molar-refractivity contribution in [3.63, 3.8) is 0 Å². The van der Waals surface area contributed by atoms with Crippen LogP contribution in [0.3, 0.4) is 0 Å². The fourth-order valence-electron chi connectivity index (χ4n) is 2.29. The van der Waals surface area contributed by atoms with Crippen molar-refractivity contribution in [3.8, 4) is 0 Å². The van der Waals surface area contributed by atoms with Crippen LogP contribution in [0.25, 0.3) is 0 Å². The fraction of sp³-hybridized carbons (Fsp3) is 0.750. The number of amides is 3. The summed E-state index contributed by atoms with van der Waals surface area (Å²) in [4.78, 5) is 49.8. The first-order chi connectivity index (χ1) is 11.4. The molecule has 0 bridgehead atoms. The van der Waals surface area contributed by atoms with Gasteiger partial charge in [0.1, 0.15) is 6.04 Å². The summed E-state index contributed by atoms with van der Waals surface area (Å²) in [6.07, 6.45) is 0.721. The lowest BCUT2D eigenvalue weighted by Crippen LogP contribution is -2.57. The Morgan fingerprint density at radius 1 is 1.16 bits per heavy atom. The van der Waals surface area contributed by atoms with Gasteiger partial charge in [-0.1, -0.05) is 6.92 Å². The number of carbonyl (C=O) groups is 4. The van der Waals surface area contributed by atoms with E-state index in [1.54, 1.807) is 20.8 Å². The third-order valence-corrected chi connectivity index (χ3v) is 4.09. The van der Waals surface area contributed by atoms with Crippen molar-refractivity contribution in [2.45, 2.75) is 57.7 Å². The van der Waals surface area contributed by atoms with Crippen molar-refractivity contribution in [2.24, 2.45) is 5.73 Å². The highest BCUT2D eigenvalue weighted by atomic mass is 16.5. The fourth-order valence-corrected chi connectivity index (χ4v) is 2.29. The molecule has 0 radical (unpaired) electrons. The highest BCUT2D eigenvalue weighted by Crippen LogP contribution is 2.20. The number of rotatable bonds is 10. The zero-order chi connectivity index (χ0) is 19.9. The van der Waals surface area contributed by atoms with E-state index in [0.29, 0.717) is 6.42 Å². The second-order valence-corrected chi connectivity index (χ2v) is 6.53. The van der Waals surface area contributed by atoms with Crippen molar-refractivity contribution >= 4 is 23.7 Å². The average Bonchev–Trinajstić information content (AvgIpc) is 2.51. The molecule has 0 saturated carbocycles. The van der Waals surface area contributed by atoms with E-state index in [1.165, 1.54) is 21.2 Å². The smallest absolute Gasteiger partial charge is 0.336 e. The lowest BCUT2D eigenvalue weighted by atomic mass is 9.97. The monoisotopic (exact) mass is 359 g/mol. The summed E-state index contributed by atoms with van der Waals surface area (Å²) < 4.78 is 5.25. The predicted octanol–water partition coefficient (Wildman–Crippen LogP) is -0.174. The molecule has 3 N–H and O–H groups in total. The number of nitrogens with zero attached hydrogens (tertiary/aromatic N) is 2. The van der Waals surface area contributed by atoms with E-state index in [2.05, 4.69) is 0 Å². The number of hydrogen-bond acceptors (Lipinski definition) is 5. The van der Waals surface area contributed by atoms with Crippen molar-refractivity contribution in [1.82, 2.24) is 9.80 Å². The summed E-state index contributed by atoms with van der Waals surface area (Å²) in [6.45, 7) is 5.20. The van der Waals surface area contributed by atoms with E-state index in [1.807, 2.05) is 0 Å². The largest absolute Gasteiger partial charge is 0.479 e. The van der Waals surface area contributed by atoms with Gasteiger partial charge in [-0.3, -0.25) is 14.4 Å². The van der Waals surface area contributed by atoms with Crippen LogP contribution in [0.4, 0.5) is 0 Å². The third kappa shape index (κ3) is 6.33. The highest BCUT2D eigenvalue weighted by molar-refractivity contribution is 6.05. The molecule has 0 rings (SSSR count). The summed E-state index contributed by atoms with van der Waals surface area (Å²) in [6, 6.07) is -2.80. The Bertz CT molecular complexity index is 520. The molecule has 0 fully saturated rings. The maximum absolute atomic E-state index is 12.7. The summed E-state index contributed by atoms with van der Waals surface area (Å²) in [7, 11) is 4.00. The number of carbonyl (C=O) groups excluding carboxylic acids is 3. The Hall–Kier alpha value is -2.16. The molecule has 0 spiro atoms. The molecule has 9 nitrogen and oxygen atoms in total. The van der Waals surface area contributed by atoms with E-state index in [0.717, 1.165) is 9.80 Å². The molecular weight excluding hydrogens is 330 g/mol. The number of carboxylic acid groups (broad SMARTS) is 1. The van der Waals surface area contributed by atoms with Crippen LogP contribution >= 0.6 is 0 Å². The van der Waals surface area contributed by atoms with Gasteiger partial charge in [-0.2, -0.15) is 0 Å². The molecule has 0 saturated heterocycles. The molecule has 3 amide bonds. The topological polar surface area (TPSA) is 130 Å². The summed E-state index contributed by atoms with van der Waals surface area (Å²) in [5, 5.41) is 9.40. The van der Waals surface area contributed by atoms with Crippen LogP contribution < -0.4 is 5.73 Å². The average molecular weight is 359 g/mol. The molecular formula is C16H29N3O6. The Labute approximate surface area is 148 Å². The molecule has 1 unspecified atom stereocenters. The van der Waals surface area contributed by atoms with Gasteiger partial charge in [0.05, 0.1) is 5.60 Å². The van der Waals surface area contributed by atoms with E-state index < -0.39 is 41.4 Å². The zero-order valence-corrected chi connectivity index (χ0v) is 15.7. The Balaban J connectivity index is 5.55. The second kappa shape index (κ2) is 9.36. The summed E-state index contributed by atoms with van der Waals surface area (Å²) in [5.41, 5.74) is 4.63. The maximum atomic E-state index is 12.7. The second-order valence-electron chi connectivity index (χ2n) is 6.53. The molecule has 0 aromatic carbocycles. The number of nitrogens with two attached hydrogens (primary N) is 1. The number of methoxy groups -OCH3 is 1. The number of carboxylic acids is 1. The Kier molecular flexibility index (Phi) is 8.55. The zero-order valence-electron chi connectivity index (χ0n) is 15.7. The van der Waals surface area contributed by atoms with Gasteiger partial charge in [-0.15, -0.1) is 0 Å². The molecule has 0 aliphatic rings. The van der Waals surface area contributed by atoms with Gasteiger partial charge in [0, 0.05) is 34.0 Å². The first-order valence-electron chi connectivity index (χ1n) is 7.99. The van der Waals surface area contributed by atoms with E-state index in [9.17, 15) is 24.3 Å². The standard InChI is InChI=1S/C16H29N3O6/c1-7-8-11(20)19(5)12(15(23)24)14(22)18(4)10(13(17)21)9-16(2,3)25-6/h10,12H,7-9H2,1-6H3,(H2,17,21)(H,23,24)/t10-,12?/m0/s1. The van der Waals surface area contributed by atoms with Crippen molar-refractivity contribution in [1.29, 1.82) is 0 Å². The van der Waals surface area contributed by atoms with E-state index in [-0.39, 0.29) is 12.8 Å². The van der Waals surface area contributed by atoms with E-state index >= 15 is 0 Å². The van der Waals surface area contributed by atoms with E-state index in [4.69, 9.17) is 10.5 Å². The van der Waals surface area contributed by atoms with Gasteiger partial charge in [-0.05, 0) is 20.3 Å². The lowest BCUT2D eigenvalue weighted by molar-refractivity contribution is -0.159. The normalized spacial score (nSPS) is 13.7. The molecule has 9 heteroatoms. The number of hydrogen-bond donors (Lipinski definition) is 2. The van der Waals surface area contributed by atoms with Crippen LogP contribution in [0.15, 0.2) is 0 Å². The Morgan fingerprint density at radius 2 is 1.68 bits per heavy atom. The minimum Gasteiger partial charge on any atom is -0.479 e. The first-order valence-corrected chi connectivity index (χ1v) is 7.99. The predicted molar refractivity (Wildman–Crippen MR) is 90.6 cm³/mol. The number of ether oxygens (including phenoxy) is 1. The molecule has 0 heterocycles. The number of primary amides is 1. The highest BCUT2D eigenvalue weighted by Gasteiger charge is 2.40. The molecule has 0 aliphatic carbocycles. The van der Waals surface area contributed by atoms with Crippen molar-refractivity contribution in [2.75, 3.05) is 21.2 Å². The minimum absolute atomic E-state index is 0.0834. The van der Waals surface area contributed by atoms with Gasteiger partial charge in [0.2, 0.25) is 17.9 Å². The quantitative estimate of drug-likeness (QED) is 0.521. The molecule has 0 aromatic heterocycles. The molecule has 0 aliphatic heterocycles. The number of aliphatic carboxylic acids is 1. The molecule has 2 atom stereocenters. The SMILES string of the molecule is CCCC(=O)N(C)C(C(=O)O)C(=O)N(C)[C@@H](CC(C)(C)OC)C(N)=O. The van der Waals surface area contributed by atoms with Crippen LogP contribution in [-0.2, 0) is 23.9 Å². The third-order valence-electron chi connectivity index (χ3n) is 4.09. The van der Waals surface area contributed by atoms with Crippen molar-refractivity contribution in [3.05, 3.63) is 0 Å². The minimum atomic E-state index is -1.73. The maximum Gasteiger partial charge on any atom is 0.336 e. The van der Waals surface area contributed by atoms with Gasteiger partial charge < -0.3 is 25.4 Å². The van der Waals surface area contributed by atoms with Crippen LogP contribution in [0.5, 0.6) is 0 Å². The molecule has 144 valence electrons. The first kappa shape index (κ1) is 22.8. The Morgan fingerprint density at radius 3 is 2.04 bits per heavy atom. The molecule has 0 aromatic rings. The lowest BCUT2D eigenvalue weighted by Gasteiger charge is -2.35. The van der Waals surface area contributed by atoms with Gasteiger partial charge >= 0.3 is 5.97 Å². The van der Waals surface area contributed by atoms with Crippen LogP contribution in [0.1, 0.15) is 40.0 Å². The molecule has 25 heavy (non-hydrogen) atoms. The summed E-state index contributed by atoms with van der Waals surface area (Å²) in [5.74, 6) is -3.62. The van der Waals surface area contributed by atoms with Crippen molar-refractivity contribution < 1.29 is 29.0 Å². The van der Waals surface area contributed by atoms with Gasteiger partial charge in [0.25, 0.3) is 5.91 Å². The van der Waals surface area contributed by atoms with Crippen LogP contribution in [0, 0.1) is 0 Å². The summed E-state index contributed by atoms with van der Waals surface area (Å²) >= 11 is 0. The van der Waals surface area contributed by atoms with Gasteiger partial charge in [0.15, 0.2) is 0 Å². The number of likely N-dealkylation sites (N-methyl/N-ethyl adjacent to an activating group) is 2.